The maximum absolute atomic E-state index is 5.35. The van der Waals surface area contributed by atoms with Gasteiger partial charge in [-0.2, -0.15) is 0 Å². The lowest BCUT2D eigenvalue weighted by Crippen LogP contribution is -2.46. The summed E-state index contributed by atoms with van der Waals surface area (Å²) in [7, 11) is 1.80. The van der Waals surface area contributed by atoms with E-state index in [2.05, 4.69) is 29.1 Å². The highest BCUT2D eigenvalue weighted by molar-refractivity contribution is 14.0. The summed E-state index contributed by atoms with van der Waals surface area (Å²) in [4.78, 5) is 6.80. The van der Waals surface area contributed by atoms with Crippen LogP contribution in [0.4, 0.5) is 0 Å². The van der Waals surface area contributed by atoms with Gasteiger partial charge >= 0.3 is 0 Å². The molecule has 1 rings (SSSR count). The standard InChI is InChI=1S/C11H23N3O.HI/c1-4-12-11(13-5-2)14-8-6-10(15-3)7-9-14;/h10H,4-9H2,1-3H3,(H,12,13);1H. The van der Waals surface area contributed by atoms with Crippen molar-refractivity contribution in [1.29, 1.82) is 0 Å². The van der Waals surface area contributed by atoms with Gasteiger partial charge in [-0.3, -0.25) is 4.99 Å². The maximum Gasteiger partial charge on any atom is 0.193 e. The number of hydrogen-bond acceptors (Lipinski definition) is 2. The highest BCUT2D eigenvalue weighted by Gasteiger charge is 2.20. The molecule has 1 heterocycles. The Morgan fingerprint density at radius 1 is 1.38 bits per heavy atom. The number of piperidine rings is 1. The fourth-order valence-electron chi connectivity index (χ4n) is 1.88. The van der Waals surface area contributed by atoms with E-state index in [0.717, 1.165) is 45.0 Å². The molecule has 1 fully saturated rings. The van der Waals surface area contributed by atoms with Crippen LogP contribution in [0.1, 0.15) is 26.7 Å². The molecule has 4 nitrogen and oxygen atoms in total. The molecule has 0 aromatic rings. The first kappa shape index (κ1) is 16.0. The molecule has 0 aromatic heterocycles. The summed E-state index contributed by atoms with van der Waals surface area (Å²) in [5.74, 6) is 1.05. The first-order valence-electron chi connectivity index (χ1n) is 5.87. The van der Waals surface area contributed by atoms with E-state index in [-0.39, 0.29) is 24.0 Å². The number of likely N-dealkylation sites (tertiary alicyclic amines) is 1. The zero-order valence-electron chi connectivity index (χ0n) is 10.5. The number of nitrogens with zero attached hydrogens (tertiary/aromatic N) is 2. The molecule has 16 heavy (non-hydrogen) atoms. The number of halogens is 1. The molecule has 1 N–H and O–H groups in total. The van der Waals surface area contributed by atoms with Crippen LogP contribution >= 0.6 is 24.0 Å². The fraction of sp³-hybridized carbons (Fsp3) is 0.909. The topological polar surface area (TPSA) is 36.9 Å². The predicted octanol–water partition coefficient (Wildman–Crippen LogP) is 1.70. The van der Waals surface area contributed by atoms with Gasteiger partial charge in [0.25, 0.3) is 0 Å². The Morgan fingerprint density at radius 2 is 2.00 bits per heavy atom. The predicted molar refractivity (Wildman–Crippen MR) is 78.7 cm³/mol. The molecule has 0 atom stereocenters. The molecule has 0 saturated carbocycles. The molecule has 1 saturated heterocycles. The van der Waals surface area contributed by atoms with Crippen LogP contribution in [0.3, 0.4) is 0 Å². The SMILES string of the molecule is CCN=C(NCC)N1CCC(OC)CC1.I. The van der Waals surface area contributed by atoms with Gasteiger partial charge in [0.1, 0.15) is 0 Å². The molecule has 0 unspecified atom stereocenters. The molecule has 0 amide bonds. The number of aliphatic imine (C=N–C) groups is 1. The van der Waals surface area contributed by atoms with E-state index >= 15 is 0 Å². The first-order valence-corrected chi connectivity index (χ1v) is 5.87. The summed E-state index contributed by atoms with van der Waals surface area (Å²) in [6, 6.07) is 0. The van der Waals surface area contributed by atoms with Gasteiger partial charge in [0.15, 0.2) is 5.96 Å². The van der Waals surface area contributed by atoms with E-state index in [9.17, 15) is 0 Å². The Labute approximate surface area is 116 Å². The van der Waals surface area contributed by atoms with Crippen LogP contribution in [0.25, 0.3) is 0 Å². The van der Waals surface area contributed by atoms with E-state index in [0.29, 0.717) is 6.10 Å². The van der Waals surface area contributed by atoms with Crippen molar-refractivity contribution in [3.63, 3.8) is 0 Å². The van der Waals surface area contributed by atoms with Crippen molar-refractivity contribution >= 4 is 29.9 Å². The van der Waals surface area contributed by atoms with Crippen molar-refractivity contribution in [2.24, 2.45) is 4.99 Å². The number of ether oxygens (including phenoxy) is 1. The molecule has 1 aliphatic rings. The lowest BCUT2D eigenvalue weighted by Gasteiger charge is -2.33. The monoisotopic (exact) mass is 341 g/mol. The minimum absolute atomic E-state index is 0. The van der Waals surface area contributed by atoms with Gasteiger partial charge < -0.3 is 15.0 Å². The van der Waals surface area contributed by atoms with Crippen LogP contribution in [-0.4, -0.2) is 50.3 Å². The van der Waals surface area contributed by atoms with Crippen LogP contribution in [0.15, 0.2) is 4.99 Å². The third kappa shape index (κ3) is 4.86. The number of hydrogen-bond donors (Lipinski definition) is 1. The smallest absolute Gasteiger partial charge is 0.193 e. The van der Waals surface area contributed by atoms with Gasteiger partial charge in [-0.05, 0) is 26.7 Å². The summed E-state index contributed by atoms with van der Waals surface area (Å²) in [6.45, 7) is 8.04. The number of rotatable bonds is 3. The van der Waals surface area contributed by atoms with E-state index in [1.54, 1.807) is 7.11 Å². The molecular weight excluding hydrogens is 317 g/mol. The van der Waals surface area contributed by atoms with Gasteiger partial charge in [-0.25, -0.2) is 0 Å². The Balaban J connectivity index is 0.00000225. The Kier molecular flexibility index (Phi) is 9.02. The molecule has 96 valence electrons. The zero-order chi connectivity index (χ0) is 11.1. The van der Waals surface area contributed by atoms with Crippen LogP contribution in [-0.2, 0) is 4.74 Å². The van der Waals surface area contributed by atoms with E-state index in [1.165, 1.54) is 0 Å². The third-order valence-corrected chi connectivity index (χ3v) is 2.72. The van der Waals surface area contributed by atoms with E-state index in [4.69, 9.17) is 4.74 Å². The van der Waals surface area contributed by atoms with E-state index < -0.39 is 0 Å². The summed E-state index contributed by atoms with van der Waals surface area (Å²) >= 11 is 0. The van der Waals surface area contributed by atoms with Gasteiger partial charge in [0.2, 0.25) is 0 Å². The van der Waals surface area contributed by atoms with Crippen LogP contribution in [0.5, 0.6) is 0 Å². The largest absolute Gasteiger partial charge is 0.381 e. The van der Waals surface area contributed by atoms with Crippen molar-refractivity contribution in [2.45, 2.75) is 32.8 Å². The second-order valence-corrected chi connectivity index (χ2v) is 3.75. The van der Waals surface area contributed by atoms with Crippen molar-refractivity contribution < 1.29 is 4.74 Å². The highest BCUT2D eigenvalue weighted by atomic mass is 127. The van der Waals surface area contributed by atoms with E-state index in [1.807, 2.05) is 0 Å². The molecule has 0 aromatic carbocycles. The molecule has 5 heteroatoms. The van der Waals surface area contributed by atoms with Gasteiger partial charge in [0, 0.05) is 33.3 Å². The number of guanidine groups is 1. The minimum Gasteiger partial charge on any atom is -0.381 e. The number of nitrogens with one attached hydrogen (secondary N) is 1. The minimum atomic E-state index is 0. The number of methoxy groups -OCH3 is 1. The Morgan fingerprint density at radius 3 is 2.44 bits per heavy atom. The Bertz CT molecular complexity index is 203. The van der Waals surface area contributed by atoms with Crippen molar-refractivity contribution in [1.82, 2.24) is 10.2 Å². The molecular formula is C11H24IN3O. The second-order valence-electron chi connectivity index (χ2n) is 3.75. The quantitative estimate of drug-likeness (QED) is 0.482. The maximum atomic E-state index is 5.35. The van der Waals surface area contributed by atoms with Gasteiger partial charge in [-0.1, -0.05) is 0 Å². The molecule has 0 aliphatic carbocycles. The Hall–Kier alpha value is -0.0400. The third-order valence-electron chi connectivity index (χ3n) is 2.72. The highest BCUT2D eigenvalue weighted by Crippen LogP contribution is 2.12. The van der Waals surface area contributed by atoms with Gasteiger partial charge in [-0.15, -0.1) is 24.0 Å². The summed E-state index contributed by atoms with van der Waals surface area (Å²) in [6.07, 6.45) is 2.64. The molecule has 0 spiro atoms. The lowest BCUT2D eigenvalue weighted by atomic mass is 10.1. The molecule has 0 bridgehead atoms. The van der Waals surface area contributed by atoms with Crippen molar-refractivity contribution in [3.05, 3.63) is 0 Å². The van der Waals surface area contributed by atoms with Crippen LogP contribution < -0.4 is 5.32 Å². The molecule has 0 radical (unpaired) electrons. The van der Waals surface area contributed by atoms with Crippen LogP contribution in [0.2, 0.25) is 0 Å². The average molecular weight is 341 g/mol. The van der Waals surface area contributed by atoms with Gasteiger partial charge in [0.05, 0.1) is 6.10 Å². The summed E-state index contributed by atoms with van der Waals surface area (Å²) < 4.78 is 5.35. The first-order chi connectivity index (χ1) is 7.31. The van der Waals surface area contributed by atoms with Crippen LogP contribution in [0, 0.1) is 0 Å². The van der Waals surface area contributed by atoms with Crippen molar-refractivity contribution in [2.75, 3.05) is 33.3 Å². The fourth-order valence-corrected chi connectivity index (χ4v) is 1.88. The molecule has 1 aliphatic heterocycles. The van der Waals surface area contributed by atoms with Crippen molar-refractivity contribution in [3.8, 4) is 0 Å². The summed E-state index contributed by atoms with van der Waals surface area (Å²) in [5, 5.41) is 3.32. The second kappa shape index (κ2) is 9.04. The lowest BCUT2D eigenvalue weighted by molar-refractivity contribution is 0.0571. The average Bonchev–Trinajstić information content (AvgIpc) is 2.29. The zero-order valence-corrected chi connectivity index (χ0v) is 12.9. The summed E-state index contributed by atoms with van der Waals surface area (Å²) in [5.41, 5.74) is 0. The normalized spacial score (nSPS) is 18.2.